The standard InChI is InChI=1S/C21H19NO2/c1-3-17-9-11-19(23-2)13-20(17)18-10-12-21(22-14-18)24-15-16-7-5-4-6-8-16/h3-14H,1,15H2,2H3. The fourth-order valence-electron chi connectivity index (χ4n) is 2.45. The van der Waals surface area contributed by atoms with Gasteiger partial charge in [-0.2, -0.15) is 0 Å². The minimum absolute atomic E-state index is 0.504. The lowest BCUT2D eigenvalue weighted by Gasteiger charge is -2.10. The van der Waals surface area contributed by atoms with E-state index in [4.69, 9.17) is 9.47 Å². The summed E-state index contributed by atoms with van der Waals surface area (Å²) in [6, 6.07) is 19.8. The Bertz CT molecular complexity index is 811. The van der Waals surface area contributed by atoms with Gasteiger partial charge in [-0.1, -0.05) is 49.1 Å². The second kappa shape index (κ2) is 7.47. The van der Waals surface area contributed by atoms with Crippen molar-refractivity contribution < 1.29 is 9.47 Å². The van der Waals surface area contributed by atoms with Gasteiger partial charge in [0.25, 0.3) is 0 Å². The van der Waals surface area contributed by atoms with Crippen molar-refractivity contribution >= 4 is 6.08 Å². The number of aromatic nitrogens is 1. The number of ether oxygens (including phenoxy) is 2. The van der Waals surface area contributed by atoms with E-state index in [1.165, 1.54) is 0 Å². The Labute approximate surface area is 142 Å². The minimum Gasteiger partial charge on any atom is -0.497 e. The van der Waals surface area contributed by atoms with Gasteiger partial charge in [-0.15, -0.1) is 0 Å². The third-order valence-electron chi connectivity index (χ3n) is 3.76. The highest BCUT2D eigenvalue weighted by molar-refractivity contribution is 5.75. The van der Waals surface area contributed by atoms with Gasteiger partial charge in [0.1, 0.15) is 12.4 Å². The largest absolute Gasteiger partial charge is 0.497 e. The summed E-state index contributed by atoms with van der Waals surface area (Å²) in [5.74, 6) is 1.41. The van der Waals surface area contributed by atoms with E-state index >= 15 is 0 Å². The molecule has 0 unspecified atom stereocenters. The molecule has 3 aromatic rings. The van der Waals surface area contributed by atoms with Crippen molar-refractivity contribution in [1.82, 2.24) is 4.98 Å². The van der Waals surface area contributed by atoms with E-state index in [9.17, 15) is 0 Å². The molecule has 3 rings (SSSR count). The Morgan fingerprint density at radius 3 is 2.54 bits per heavy atom. The number of rotatable bonds is 6. The molecule has 120 valence electrons. The summed E-state index contributed by atoms with van der Waals surface area (Å²) in [6.45, 7) is 4.37. The van der Waals surface area contributed by atoms with Gasteiger partial charge in [0, 0.05) is 17.8 Å². The van der Waals surface area contributed by atoms with Gasteiger partial charge < -0.3 is 9.47 Å². The Morgan fingerprint density at radius 2 is 1.88 bits per heavy atom. The van der Waals surface area contributed by atoms with E-state index in [-0.39, 0.29) is 0 Å². The Balaban J connectivity index is 1.78. The van der Waals surface area contributed by atoms with Crippen LogP contribution in [0, 0.1) is 0 Å². The first kappa shape index (κ1) is 15.8. The van der Waals surface area contributed by atoms with Gasteiger partial charge in [0.15, 0.2) is 0 Å². The maximum atomic E-state index is 5.73. The average Bonchev–Trinajstić information content (AvgIpc) is 2.67. The van der Waals surface area contributed by atoms with Crippen LogP contribution in [0.2, 0.25) is 0 Å². The molecule has 1 aromatic heterocycles. The summed E-state index contributed by atoms with van der Waals surface area (Å²) in [4.78, 5) is 4.40. The van der Waals surface area contributed by atoms with E-state index in [0.29, 0.717) is 12.5 Å². The molecule has 3 nitrogen and oxygen atoms in total. The zero-order chi connectivity index (χ0) is 16.8. The van der Waals surface area contributed by atoms with E-state index in [2.05, 4.69) is 11.6 Å². The monoisotopic (exact) mass is 317 g/mol. The molecule has 0 atom stereocenters. The van der Waals surface area contributed by atoms with E-state index in [1.54, 1.807) is 7.11 Å². The second-order valence-corrected chi connectivity index (χ2v) is 5.32. The van der Waals surface area contributed by atoms with Gasteiger partial charge in [0.05, 0.1) is 7.11 Å². The average molecular weight is 317 g/mol. The van der Waals surface area contributed by atoms with E-state index in [1.807, 2.05) is 72.9 Å². The smallest absolute Gasteiger partial charge is 0.213 e. The quantitative estimate of drug-likeness (QED) is 0.642. The predicted octanol–water partition coefficient (Wildman–Crippen LogP) is 4.98. The van der Waals surface area contributed by atoms with Crippen molar-refractivity contribution in [3.05, 3.63) is 84.6 Å². The van der Waals surface area contributed by atoms with Crippen molar-refractivity contribution in [2.24, 2.45) is 0 Å². The van der Waals surface area contributed by atoms with Gasteiger partial charge >= 0.3 is 0 Å². The van der Waals surface area contributed by atoms with Gasteiger partial charge in [-0.3, -0.25) is 0 Å². The molecule has 0 aliphatic rings. The molecule has 0 aliphatic carbocycles. The molecule has 0 fully saturated rings. The van der Waals surface area contributed by atoms with Crippen LogP contribution in [-0.2, 0) is 6.61 Å². The van der Waals surface area contributed by atoms with Crippen molar-refractivity contribution in [3.63, 3.8) is 0 Å². The maximum absolute atomic E-state index is 5.73. The highest BCUT2D eigenvalue weighted by atomic mass is 16.5. The highest BCUT2D eigenvalue weighted by Gasteiger charge is 2.06. The third-order valence-corrected chi connectivity index (χ3v) is 3.76. The Kier molecular flexibility index (Phi) is 4.92. The van der Waals surface area contributed by atoms with Crippen LogP contribution in [0.5, 0.6) is 11.6 Å². The van der Waals surface area contributed by atoms with E-state index < -0.39 is 0 Å². The van der Waals surface area contributed by atoms with Gasteiger partial charge in [0.2, 0.25) is 5.88 Å². The zero-order valence-electron chi connectivity index (χ0n) is 13.6. The molecule has 0 radical (unpaired) electrons. The number of methoxy groups -OCH3 is 1. The molecule has 1 heterocycles. The summed E-state index contributed by atoms with van der Waals surface area (Å²) in [6.07, 6.45) is 3.64. The molecule has 0 saturated carbocycles. The molecule has 3 heteroatoms. The van der Waals surface area contributed by atoms with Crippen LogP contribution < -0.4 is 9.47 Å². The van der Waals surface area contributed by atoms with Crippen LogP contribution in [0.15, 0.2) is 73.4 Å². The van der Waals surface area contributed by atoms with Gasteiger partial charge in [-0.25, -0.2) is 4.98 Å². The summed E-state index contributed by atoms with van der Waals surface area (Å²) in [7, 11) is 1.66. The summed E-state index contributed by atoms with van der Waals surface area (Å²) in [5.41, 5.74) is 4.18. The lowest BCUT2D eigenvalue weighted by atomic mass is 10.0. The lowest BCUT2D eigenvalue weighted by molar-refractivity contribution is 0.294. The normalized spacial score (nSPS) is 10.2. The number of hydrogen-bond acceptors (Lipinski definition) is 3. The first-order valence-electron chi connectivity index (χ1n) is 7.74. The van der Waals surface area contributed by atoms with Crippen molar-refractivity contribution in [1.29, 1.82) is 0 Å². The molecule has 0 aliphatic heterocycles. The van der Waals surface area contributed by atoms with Gasteiger partial charge in [-0.05, 0) is 34.9 Å². The van der Waals surface area contributed by atoms with Crippen molar-refractivity contribution in [2.75, 3.05) is 7.11 Å². The van der Waals surface area contributed by atoms with Crippen LogP contribution >= 0.6 is 0 Å². The van der Waals surface area contributed by atoms with E-state index in [0.717, 1.165) is 28.0 Å². The predicted molar refractivity (Wildman–Crippen MR) is 97.1 cm³/mol. The molecule has 0 saturated heterocycles. The summed E-state index contributed by atoms with van der Waals surface area (Å²) in [5, 5.41) is 0. The number of nitrogens with zero attached hydrogens (tertiary/aromatic N) is 1. The number of pyridine rings is 1. The van der Waals surface area contributed by atoms with Crippen LogP contribution in [0.3, 0.4) is 0 Å². The van der Waals surface area contributed by atoms with Crippen LogP contribution in [0.25, 0.3) is 17.2 Å². The molecule has 0 N–H and O–H groups in total. The van der Waals surface area contributed by atoms with Crippen LogP contribution in [0.1, 0.15) is 11.1 Å². The number of benzene rings is 2. The first-order valence-corrected chi connectivity index (χ1v) is 7.74. The molecule has 0 bridgehead atoms. The second-order valence-electron chi connectivity index (χ2n) is 5.32. The maximum Gasteiger partial charge on any atom is 0.213 e. The molecule has 0 amide bonds. The minimum atomic E-state index is 0.504. The zero-order valence-corrected chi connectivity index (χ0v) is 13.6. The first-order chi connectivity index (χ1) is 11.8. The Morgan fingerprint density at radius 1 is 1.04 bits per heavy atom. The highest BCUT2D eigenvalue weighted by Crippen LogP contribution is 2.29. The topological polar surface area (TPSA) is 31.4 Å². The molecular weight excluding hydrogens is 298 g/mol. The van der Waals surface area contributed by atoms with Crippen molar-refractivity contribution in [3.8, 4) is 22.8 Å². The SMILES string of the molecule is C=Cc1ccc(OC)cc1-c1ccc(OCc2ccccc2)nc1. The fourth-order valence-corrected chi connectivity index (χ4v) is 2.45. The van der Waals surface area contributed by atoms with Crippen LogP contribution in [0.4, 0.5) is 0 Å². The molecule has 0 spiro atoms. The summed E-state index contributed by atoms with van der Waals surface area (Å²) >= 11 is 0. The number of hydrogen-bond donors (Lipinski definition) is 0. The van der Waals surface area contributed by atoms with Crippen LogP contribution in [-0.4, -0.2) is 12.1 Å². The van der Waals surface area contributed by atoms with Crippen molar-refractivity contribution in [2.45, 2.75) is 6.61 Å². The lowest BCUT2D eigenvalue weighted by Crippen LogP contribution is -1.97. The molecule has 24 heavy (non-hydrogen) atoms. The Hall–Kier alpha value is -3.07. The molecule has 2 aromatic carbocycles. The summed E-state index contributed by atoms with van der Waals surface area (Å²) < 4.78 is 11.0. The fraction of sp³-hybridized carbons (Fsp3) is 0.0952. The molecular formula is C21H19NO2. The third kappa shape index (κ3) is 3.63.